The zero-order valence-corrected chi connectivity index (χ0v) is 10.8. The lowest BCUT2D eigenvalue weighted by atomic mass is 10.3. The van der Waals surface area contributed by atoms with Gasteiger partial charge < -0.3 is 25.6 Å². The number of hydrogen-bond donors (Lipinski definition) is 4. The Kier molecular flexibility index (Phi) is 7.16. The number of nitrogens with one attached hydrogen (secondary N) is 2. The average molecular weight is 275 g/mol. The van der Waals surface area contributed by atoms with Crippen LogP contribution in [0.5, 0.6) is 0 Å². The molecule has 0 unspecified atom stereocenters. The number of carbonyl (C=O) groups is 2. The first-order valence-corrected chi connectivity index (χ1v) is 6.31. The number of aliphatic hydroxyl groups excluding tert-OH is 1. The first kappa shape index (κ1) is 15.7. The van der Waals surface area contributed by atoms with Crippen molar-refractivity contribution in [1.82, 2.24) is 15.5 Å². The molecule has 0 radical (unpaired) electrons. The van der Waals surface area contributed by atoms with E-state index in [2.05, 4.69) is 15.5 Å². The molecular weight excluding hydrogens is 254 g/mol. The maximum Gasteiger partial charge on any atom is 0.328 e. The Hall–Kier alpha value is -1.38. The molecule has 8 heteroatoms. The Labute approximate surface area is 111 Å². The van der Waals surface area contributed by atoms with Crippen LogP contribution in [-0.4, -0.2) is 79.2 Å². The van der Waals surface area contributed by atoms with Crippen molar-refractivity contribution < 1.29 is 24.5 Å². The second-order valence-corrected chi connectivity index (χ2v) is 4.28. The lowest BCUT2D eigenvalue weighted by Crippen LogP contribution is -2.48. The van der Waals surface area contributed by atoms with Gasteiger partial charge in [0.25, 0.3) is 0 Å². The molecule has 0 aromatic heterocycles. The van der Waals surface area contributed by atoms with Gasteiger partial charge in [-0.25, -0.2) is 9.59 Å². The molecule has 1 saturated heterocycles. The van der Waals surface area contributed by atoms with Gasteiger partial charge in [-0.1, -0.05) is 0 Å². The van der Waals surface area contributed by atoms with Crippen LogP contribution in [0, 0.1) is 0 Å². The van der Waals surface area contributed by atoms with Crippen LogP contribution in [-0.2, 0) is 9.53 Å². The molecular formula is C11H21N3O5. The van der Waals surface area contributed by atoms with Gasteiger partial charge >= 0.3 is 12.0 Å². The Morgan fingerprint density at radius 2 is 2.00 bits per heavy atom. The minimum absolute atomic E-state index is 0.459. The van der Waals surface area contributed by atoms with Crippen molar-refractivity contribution in [2.24, 2.45) is 0 Å². The number of aliphatic hydroxyl groups is 1. The molecule has 0 aromatic rings. The third-order valence-electron chi connectivity index (χ3n) is 2.83. The summed E-state index contributed by atoms with van der Waals surface area (Å²) in [7, 11) is 0. The predicted molar refractivity (Wildman–Crippen MR) is 66.9 cm³/mol. The number of nitrogens with zero attached hydrogens (tertiary/aromatic N) is 1. The molecule has 0 saturated carbocycles. The normalized spacial score (nSPS) is 17.7. The van der Waals surface area contributed by atoms with Crippen molar-refractivity contribution in [3.05, 3.63) is 0 Å². The number of rotatable bonds is 7. The summed E-state index contributed by atoms with van der Waals surface area (Å²) in [5, 5.41) is 22.1. The van der Waals surface area contributed by atoms with Crippen LogP contribution in [0.4, 0.5) is 4.79 Å². The molecule has 110 valence electrons. The molecule has 1 heterocycles. The molecule has 0 aromatic carbocycles. The standard InChI is InChI=1S/C11H21N3O5/c15-8-9(10(16)17)13-11(18)12-2-1-3-14-4-6-19-7-5-14/h9,15H,1-8H2,(H,16,17)(H2,12,13,18)/t9-/m1/s1. The van der Waals surface area contributed by atoms with E-state index in [1.807, 2.05) is 0 Å². The van der Waals surface area contributed by atoms with Crippen LogP contribution in [0.15, 0.2) is 0 Å². The van der Waals surface area contributed by atoms with E-state index in [1.54, 1.807) is 0 Å². The van der Waals surface area contributed by atoms with Crippen LogP contribution >= 0.6 is 0 Å². The van der Waals surface area contributed by atoms with Crippen LogP contribution in [0.2, 0.25) is 0 Å². The predicted octanol–water partition coefficient (Wildman–Crippen LogP) is -1.55. The fourth-order valence-electron chi connectivity index (χ4n) is 1.72. The molecule has 0 aliphatic carbocycles. The van der Waals surface area contributed by atoms with Gasteiger partial charge in [0.1, 0.15) is 0 Å². The lowest BCUT2D eigenvalue weighted by molar-refractivity contribution is -0.140. The van der Waals surface area contributed by atoms with E-state index in [1.165, 1.54) is 0 Å². The molecule has 19 heavy (non-hydrogen) atoms. The summed E-state index contributed by atoms with van der Waals surface area (Å²) in [6.07, 6.45) is 0.782. The Morgan fingerprint density at radius 1 is 1.32 bits per heavy atom. The average Bonchev–Trinajstić information content (AvgIpc) is 2.42. The van der Waals surface area contributed by atoms with Gasteiger partial charge in [0.2, 0.25) is 0 Å². The number of hydrogen-bond acceptors (Lipinski definition) is 5. The fourth-order valence-corrected chi connectivity index (χ4v) is 1.72. The third-order valence-corrected chi connectivity index (χ3v) is 2.83. The minimum atomic E-state index is -1.26. The van der Waals surface area contributed by atoms with E-state index in [0.29, 0.717) is 6.54 Å². The van der Waals surface area contributed by atoms with Gasteiger partial charge in [-0.3, -0.25) is 4.90 Å². The topological polar surface area (TPSA) is 111 Å². The second-order valence-electron chi connectivity index (χ2n) is 4.28. The highest BCUT2D eigenvalue weighted by atomic mass is 16.5. The van der Waals surface area contributed by atoms with Gasteiger partial charge in [0.05, 0.1) is 19.8 Å². The molecule has 0 bridgehead atoms. The maximum atomic E-state index is 11.3. The van der Waals surface area contributed by atoms with Gasteiger partial charge in [0.15, 0.2) is 6.04 Å². The third kappa shape index (κ3) is 6.37. The number of carbonyl (C=O) groups excluding carboxylic acids is 1. The van der Waals surface area contributed by atoms with E-state index >= 15 is 0 Å². The number of carboxylic acids is 1. The minimum Gasteiger partial charge on any atom is -0.480 e. The summed E-state index contributed by atoms with van der Waals surface area (Å²) < 4.78 is 5.22. The summed E-state index contributed by atoms with van der Waals surface area (Å²) in [4.78, 5) is 24.2. The Morgan fingerprint density at radius 3 is 2.58 bits per heavy atom. The number of amides is 2. The van der Waals surface area contributed by atoms with Crippen molar-refractivity contribution >= 4 is 12.0 Å². The first-order valence-electron chi connectivity index (χ1n) is 6.31. The van der Waals surface area contributed by atoms with Crippen LogP contribution in [0.3, 0.4) is 0 Å². The number of aliphatic carboxylic acids is 1. The van der Waals surface area contributed by atoms with E-state index in [0.717, 1.165) is 39.3 Å². The Balaban J connectivity index is 2.07. The number of ether oxygens (including phenoxy) is 1. The molecule has 4 N–H and O–H groups in total. The first-order chi connectivity index (χ1) is 9.13. The van der Waals surface area contributed by atoms with Crippen LogP contribution in [0.1, 0.15) is 6.42 Å². The van der Waals surface area contributed by atoms with Crippen molar-refractivity contribution in [3.63, 3.8) is 0 Å². The quantitative estimate of drug-likeness (QED) is 0.419. The van der Waals surface area contributed by atoms with Gasteiger partial charge in [-0.15, -0.1) is 0 Å². The van der Waals surface area contributed by atoms with Crippen molar-refractivity contribution in [2.45, 2.75) is 12.5 Å². The van der Waals surface area contributed by atoms with E-state index in [9.17, 15) is 9.59 Å². The zero-order valence-electron chi connectivity index (χ0n) is 10.8. The monoisotopic (exact) mass is 275 g/mol. The molecule has 1 fully saturated rings. The lowest BCUT2D eigenvalue weighted by Gasteiger charge is -2.26. The smallest absolute Gasteiger partial charge is 0.328 e. The molecule has 1 atom stereocenters. The molecule has 1 rings (SSSR count). The van der Waals surface area contributed by atoms with Gasteiger partial charge in [0, 0.05) is 19.6 Å². The van der Waals surface area contributed by atoms with Crippen molar-refractivity contribution in [2.75, 3.05) is 46.0 Å². The molecule has 8 nitrogen and oxygen atoms in total. The van der Waals surface area contributed by atoms with Crippen molar-refractivity contribution in [1.29, 1.82) is 0 Å². The number of morpholine rings is 1. The maximum absolute atomic E-state index is 11.3. The summed E-state index contributed by atoms with van der Waals surface area (Å²) in [6, 6.07) is -1.84. The summed E-state index contributed by atoms with van der Waals surface area (Å²) in [5.41, 5.74) is 0. The van der Waals surface area contributed by atoms with Crippen LogP contribution in [0.25, 0.3) is 0 Å². The van der Waals surface area contributed by atoms with E-state index in [4.69, 9.17) is 14.9 Å². The highest BCUT2D eigenvalue weighted by Gasteiger charge is 2.18. The van der Waals surface area contributed by atoms with Crippen LogP contribution < -0.4 is 10.6 Å². The van der Waals surface area contributed by atoms with Gasteiger partial charge in [-0.05, 0) is 13.0 Å². The highest BCUT2D eigenvalue weighted by Crippen LogP contribution is 1.97. The summed E-state index contributed by atoms with van der Waals surface area (Å²) in [5.74, 6) is -1.26. The zero-order chi connectivity index (χ0) is 14.1. The SMILES string of the molecule is O=C(NCCCN1CCOCC1)N[C@H](CO)C(=O)O. The van der Waals surface area contributed by atoms with E-state index in [-0.39, 0.29) is 0 Å². The molecule has 0 spiro atoms. The Bertz CT molecular complexity index is 294. The summed E-state index contributed by atoms with van der Waals surface area (Å²) in [6.45, 7) is 3.98. The van der Waals surface area contributed by atoms with Crippen molar-refractivity contribution in [3.8, 4) is 0 Å². The molecule has 2 amide bonds. The number of urea groups is 1. The molecule has 1 aliphatic rings. The molecule has 1 aliphatic heterocycles. The fraction of sp³-hybridized carbons (Fsp3) is 0.818. The van der Waals surface area contributed by atoms with Gasteiger partial charge in [-0.2, -0.15) is 0 Å². The summed E-state index contributed by atoms with van der Waals surface area (Å²) >= 11 is 0. The second kappa shape index (κ2) is 8.68. The highest BCUT2D eigenvalue weighted by molar-refractivity contribution is 5.82. The number of carboxylic acid groups (broad SMARTS) is 1. The largest absolute Gasteiger partial charge is 0.480 e. The van der Waals surface area contributed by atoms with E-state index < -0.39 is 24.6 Å².